The summed E-state index contributed by atoms with van der Waals surface area (Å²) in [6, 6.07) is 16.3. The fourth-order valence-corrected chi connectivity index (χ4v) is 4.28. The van der Waals surface area contributed by atoms with Crippen molar-refractivity contribution in [1.82, 2.24) is 9.97 Å². The van der Waals surface area contributed by atoms with Gasteiger partial charge in [0.2, 0.25) is 23.5 Å². The molecule has 1 heterocycles. The summed E-state index contributed by atoms with van der Waals surface area (Å²) in [6.07, 6.45) is 2.04. The summed E-state index contributed by atoms with van der Waals surface area (Å²) < 4.78 is 22.4. The summed E-state index contributed by atoms with van der Waals surface area (Å²) in [4.78, 5) is 33.7. The van der Waals surface area contributed by atoms with Gasteiger partial charge in [-0.2, -0.15) is 4.98 Å². The number of anilines is 3. The van der Waals surface area contributed by atoms with E-state index in [1.807, 2.05) is 38.1 Å². The number of carbonyl (C=O) groups excluding carboxylic acids is 2. The second kappa shape index (κ2) is 13.4. The molecule has 0 radical (unpaired) electrons. The van der Waals surface area contributed by atoms with Crippen molar-refractivity contribution in [3.05, 3.63) is 83.0 Å². The van der Waals surface area contributed by atoms with Crippen LogP contribution in [-0.2, 0) is 11.2 Å². The van der Waals surface area contributed by atoms with E-state index >= 15 is 0 Å². The highest BCUT2D eigenvalue weighted by Crippen LogP contribution is 2.40. The first kappa shape index (κ1) is 29.7. The minimum atomic E-state index is -0.438. The molecular formula is C31H33N5O6. The quantitative estimate of drug-likeness (QED) is 0.205. The topological polar surface area (TPSA) is 147 Å². The van der Waals surface area contributed by atoms with Gasteiger partial charge in [0.05, 0.1) is 21.3 Å². The molecule has 0 saturated carbocycles. The van der Waals surface area contributed by atoms with Gasteiger partial charge in [-0.25, -0.2) is 4.98 Å². The number of hydrogen-bond acceptors (Lipinski definition) is 9. The number of methoxy groups -OCH3 is 3. The molecule has 0 spiro atoms. The maximum atomic E-state index is 13.5. The van der Waals surface area contributed by atoms with Crippen molar-refractivity contribution in [2.24, 2.45) is 5.73 Å². The van der Waals surface area contributed by atoms with Crippen molar-refractivity contribution in [1.29, 1.82) is 0 Å². The molecule has 0 aliphatic rings. The number of aromatic nitrogens is 2. The zero-order valence-electron chi connectivity index (χ0n) is 24.1. The molecule has 1 aromatic heterocycles. The minimum absolute atomic E-state index is 0.0238. The summed E-state index contributed by atoms with van der Waals surface area (Å²) in [5.41, 5.74) is 9.35. The van der Waals surface area contributed by atoms with Crippen LogP contribution < -0.4 is 35.3 Å². The minimum Gasteiger partial charge on any atom is -0.493 e. The van der Waals surface area contributed by atoms with Crippen LogP contribution in [0.15, 0.2) is 60.8 Å². The van der Waals surface area contributed by atoms with Crippen molar-refractivity contribution in [3.8, 4) is 28.9 Å². The van der Waals surface area contributed by atoms with Crippen LogP contribution in [0, 0.1) is 13.8 Å². The SMILES string of the molecule is COc1cc(Nc2ncc(C(=O)Nc3c(C)cccc3C)c(Oc3cccc(CCC(N)=O)c3)n2)cc(OC)c1OC. The van der Waals surface area contributed by atoms with E-state index in [9.17, 15) is 9.59 Å². The highest BCUT2D eigenvalue weighted by atomic mass is 16.5. The molecule has 0 atom stereocenters. The van der Waals surface area contributed by atoms with Gasteiger partial charge in [0.1, 0.15) is 11.3 Å². The Kier molecular flexibility index (Phi) is 9.43. The number of nitrogens with one attached hydrogen (secondary N) is 2. The zero-order chi connectivity index (χ0) is 30.2. The summed E-state index contributed by atoms with van der Waals surface area (Å²) in [7, 11) is 4.56. The maximum absolute atomic E-state index is 13.5. The zero-order valence-corrected chi connectivity index (χ0v) is 24.1. The van der Waals surface area contributed by atoms with E-state index in [0.717, 1.165) is 16.7 Å². The van der Waals surface area contributed by atoms with Crippen LogP contribution in [0.3, 0.4) is 0 Å². The summed E-state index contributed by atoms with van der Waals surface area (Å²) in [6.45, 7) is 3.83. The van der Waals surface area contributed by atoms with Gasteiger partial charge in [-0.15, -0.1) is 0 Å². The molecule has 4 aromatic rings. The Morgan fingerprint density at radius 3 is 2.19 bits per heavy atom. The molecule has 0 saturated heterocycles. The summed E-state index contributed by atoms with van der Waals surface area (Å²) >= 11 is 0. The normalized spacial score (nSPS) is 10.5. The molecule has 42 heavy (non-hydrogen) atoms. The Hall–Kier alpha value is -5.32. The van der Waals surface area contributed by atoms with E-state index < -0.39 is 11.8 Å². The number of para-hydroxylation sites is 1. The predicted molar refractivity (Wildman–Crippen MR) is 159 cm³/mol. The van der Waals surface area contributed by atoms with Crippen LogP contribution in [0.5, 0.6) is 28.9 Å². The Morgan fingerprint density at radius 1 is 0.905 bits per heavy atom. The van der Waals surface area contributed by atoms with Crippen LogP contribution in [-0.4, -0.2) is 43.1 Å². The van der Waals surface area contributed by atoms with Crippen LogP contribution in [0.25, 0.3) is 0 Å². The highest BCUT2D eigenvalue weighted by molar-refractivity contribution is 6.06. The van der Waals surface area contributed by atoms with Crippen molar-refractivity contribution in [2.45, 2.75) is 26.7 Å². The number of primary amides is 1. The second-order valence-electron chi connectivity index (χ2n) is 9.39. The van der Waals surface area contributed by atoms with Crippen LogP contribution in [0.1, 0.15) is 33.5 Å². The molecule has 2 amide bonds. The number of amides is 2. The van der Waals surface area contributed by atoms with Gasteiger partial charge >= 0.3 is 0 Å². The van der Waals surface area contributed by atoms with Gasteiger partial charge in [-0.3, -0.25) is 9.59 Å². The number of ether oxygens (including phenoxy) is 4. The molecule has 0 aliphatic carbocycles. The Labute approximate surface area is 244 Å². The number of nitrogens with two attached hydrogens (primary N) is 1. The first-order valence-corrected chi connectivity index (χ1v) is 13.1. The van der Waals surface area contributed by atoms with Crippen molar-refractivity contribution in [2.75, 3.05) is 32.0 Å². The Bertz CT molecular complexity index is 1560. The van der Waals surface area contributed by atoms with Crippen LogP contribution in [0.2, 0.25) is 0 Å². The third-order valence-electron chi connectivity index (χ3n) is 6.41. The standard InChI is InChI=1S/C31H33N5O6/c1-18-8-6-9-19(2)27(18)35-29(38)23-17-33-31(34-21-15-24(39-3)28(41-5)25(16-21)40-4)36-30(23)42-22-11-7-10-20(14-22)12-13-26(32)37/h6-11,14-17H,12-13H2,1-5H3,(H2,32,37)(H,35,38)(H,33,34,36). The number of benzene rings is 3. The molecule has 0 bridgehead atoms. The fraction of sp³-hybridized carbons (Fsp3) is 0.226. The number of aryl methyl sites for hydroxylation is 3. The van der Waals surface area contributed by atoms with E-state index in [4.69, 9.17) is 24.7 Å². The van der Waals surface area contributed by atoms with Crippen molar-refractivity contribution >= 4 is 29.1 Å². The molecule has 11 heteroatoms. The molecule has 218 valence electrons. The number of hydrogen-bond donors (Lipinski definition) is 3. The monoisotopic (exact) mass is 571 g/mol. The van der Waals surface area contributed by atoms with E-state index in [0.29, 0.717) is 40.8 Å². The Balaban J connectivity index is 1.71. The van der Waals surface area contributed by atoms with E-state index in [1.165, 1.54) is 27.5 Å². The van der Waals surface area contributed by atoms with E-state index in [1.54, 1.807) is 30.3 Å². The lowest BCUT2D eigenvalue weighted by molar-refractivity contribution is -0.118. The first-order chi connectivity index (χ1) is 20.2. The van der Waals surface area contributed by atoms with Gasteiger partial charge in [-0.1, -0.05) is 30.3 Å². The molecule has 0 unspecified atom stereocenters. The summed E-state index contributed by atoms with van der Waals surface area (Å²) in [5.74, 6) is 1.09. The number of carbonyl (C=O) groups is 2. The average molecular weight is 572 g/mol. The molecule has 0 aliphatic heterocycles. The van der Waals surface area contributed by atoms with Gasteiger partial charge in [0.25, 0.3) is 5.91 Å². The van der Waals surface area contributed by atoms with E-state index in [-0.39, 0.29) is 23.8 Å². The van der Waals surface area contributed by atoms with Gasteiger partial charge < -0.3 is 35.3 Å². The van der Waals surface area contributed by atoms with Gasteiger partial charge in [0.15, 0.2) is 11.5 Å². The third kappa shape index (κ3) is 7.05. The average Bonchev–Trinajstić information content (AvgIpc) is 2.97. The number of nitrogens with zero attached hydrogens (tertiary/aromatic N) is 2. The second-order valence-corrected chi connectivity index (χ2v) is 9.39. The van der Waals surface area contributed by atoms with Gasteiger partial charge in [-0.05, 0) is 49.1 Å². The lowest BCUT2D eigenvalue weighted by Crippen LogP contribution is -2.16. The molecule has 3 aromatic carbocycles. The van der Waals surface area contributed by atoms with Crippen LogP contribution in [0.4, 0.5) is 17.3 Å². The molecule has 0 fully saturated rings. The van der Waals surface area contributed by atoms with E-state index in [2.05, 4.69) is 20.6 Å². The molecule has 11 nitrogen and oxygen atoms in total. The molecule has 4 N–H and O–H groups in total. The smallest absolute Gasteiger partial charge is 0.262 e. The highest BCUT2D eigenvalue weighted by Gasteiger charge is 2.20. The van der Waals surface area contributed by atoms with Crippen molar-refractivity contribution in [3.63, 3.8) is 0 Å². The van der Waals surface area contributed by atoms with Gasteiger partial charge in [0, 0.05) is 36.1 Å². The van der Waals surface area contributed by atoms with Crippen LogP contribution >= 0.6 is 0 Å². The van der Waals surface area contributed by atoms with Crippen molar-refractivity contribution < 1.29 is 28.5 Å². The molecular weight excluding hydrogens is 538 g/mol. The lowest BCUT2D eigenvalue weighted by atomic mass is 10.1. The Morgan fingerprint density at radius 2 is 1.57 bits per heavy atom. The largest absolute Gasteiger partial charge is 0.493 e. The number of rotatable bonds is 12. The fourth-order valence-electron chi connectivity index (χ4n) is 4.28. The maximum Gasteiger partial charge on any atom is 0.262 e. The molecule has 4 rings (SSSR count). The lowest BCUT2D eigenvalue weighted by Gasteiger charge is -2.16. The summed E-state index contributed by atoms with van der Waals surface area (Å²) in [5, 5.41) is 6.07. The first-order valence-electron chi connectivity index (χ1n) is 13.1. The third-order valence-corrected chi connectivity index (χ3v) is 6.41. The predicted octanol–water partition coefficient (Wildman–Crippen LogP) is 5.33.